The first-order chi connectivity index (χ1) is 40.8. The Kier molecular flexibility index (Phi) is 182. The highest BCUT2D eigenvalue weighted by atomic mass is 32.2. The van der Waals surface area contributed by atoms with E-state index in [1.807, 2.05) is 43.7 Å². The SMILES string of the molecule is C.C.C.C.C.C.C.C.C.C.C.C.C.C.C.C.CC(C)(C(F)(F)F)C(F)(F)F.CC(C)(C)C.CC(C)=O.CC(C)C.CC1CC(C)C2C3CCC(C3)C12.CCC.CCC(=O)OC.CCC(C)=O.CCc1ccc(C)cc1.COC.COC(=O)OC.COC(C)=O.COc1ccc(C)cc1.CS(C)(=O)=O.CSC. The van der Waals surface area contributed by atoms with E-state index in [-0.39, 0.29) is 156 Å². The molecule has 0 aromatic heterocycles. The zero-order valence-corrected chi connectivity index (χ0v) is 63.8. The number of hydrogen-bond donors (Lipinski definition) is 0. The van der Waals surface area contributed by atoms with Gasteiger partial charge in [-0.2, -0.15) is 38.1 Å². The minimum Gasteiger partial charge on any atom is -0.497 e. The van der Waals surface area contributed by atoms with Gasteiger partial charge in [-0.3, -0.25) is 9.59 Å². The molecule has 2 bridgehead atoms. The van der Waals surface area contributed by atoms with Crippen LogP contribution in [0.1, 0.15) is 319 Å². The van der Waals surface area contributed by atoms with Crippen LogP contribution in [0.3, 0.4) is 0 Å². The third-order valence-corrected chi connectivity index (χ3v) is 10.9. The second-order valence-corrected chi connectivity index (χ2v) is 27.4. The predicted octanol–water partition coefficient (Wildman–Crippen LogP) is 30.0. The number of fused-ring (bicyclic) bond motifs is 5. The molecule has 13 nitrogen and oxygen atoms in total. The molecule has 3 aliphatic rings. The fourth-order valence-electron chi connectivity index (χ4n) is 6.86. The van der Waals surface area contributed by atoms with Gasteiger partial charge in [-0.25, -0.2) is 13.2 Å². The van der Waals surface area contributed by atoms with Crippen LogP contribution < -0.4 is 4.74 Å². The second-order valence-electron chi connectivity index (χ2n) is 24.3. The zero-order valence-electron chi connectivity index (χ0n) is 62.2. The number of methoxy groups -OCH3 is 6. The number of hydrogen-bond acceptors (Lipinski definition) is 14. The van der Waals surface area contributed by atoms with Crippen LogP contribution in [0.2, 0.25) is 0 Å². The summed E-state index contributed by atoms with van der Waals surface area (Å²) in [5.74, 6) is 8.49. The Labute approximate surface area is 668 Å². The molecule has 0 saturated heterocycles. The summed E-state index contributed by atoms with van der Waals surface area (Å²) in [4.78, 5) is 48.5. The standard InChI is InChI=1S/C12H20.C9H12.C8H10O.C5H6F6.C5H12.C4H8O2.C4H8O.C4H10.C3H6O3.C3H6O2.C3H6O.C3H8.C2H6O2S.C2H6O.C2H6S.16CH4/c1-7-5-8(2)12-10-4-3-9(6-10)11(7)12;1-3-9-6-4-8(2)5-7-9;1-7-3-5-8(9-2)6-4-7;1-3(2,4(6,7)8)5(9,10)11;1-5(2,3)4;1-3-4(5)6-2;1-3-4(2)5;1-4(2)3;1-5-3(4)6-2;1-3(4)5-2;1-3(2)4;1-3-2;1-5(2,3)4;2*1-3-2;;;;;;;;;;;;;;;;/h7-12H,3-6H2,1-2H3;4-7H,3H2,1-2H3;3-6H,1-2H3;1-2H3;1-4H3;3H2,1-2H3;3H2,1-2H3;4H,1-3H3;1-2H3;1-2H3;1-2H3;3H2,1-2H3;1-2H3;2*1-2H3;16*1H4. The van der Waals surface area contributed by atoms with Crippen molar-refractivity contribution in [3.05, 3.63) is 65.2 Å². The first kappa shape index (κ1) is 180. The summed E-state index contributed by atoms with van der Waals surface area (Å²) in [5.41, 5.74) is 0.892. The maximum Gasteiger partial charge on any atom is 0.507 e. The highest BCUT2D eigenvalue weighted by molar-refractivity contribution is 7.97. The number of Topliss-reactive ketones (excluding diaryl/α,β-unsaturated/α-hetero) is 2. The highest BCUT2D eigenvalue weighted by Gasteiger charge is 2.64. The maximum absolute atomic E-state index is 11.6. The Morgan fingerprint density at radius 1 is 0.500 bits per heavy atom. The summed E-state index contributed by atoms with van der Waals surface area (Å²) >= 11 is 1.75. The number of aryl methyl sites for hydroxylation is 3. The van der Waals surface area contributed by atoms with E-state index in [0.717, 1.165) is 66.1 Å². The van der Waals surface area contributed by atoms with Gasteiger partial charge in [0.25, 0.3) is 0 Å². The van der Waals surface area contributed by atoms with E-state index >= 15 is 0 Å². The van der Waals surface area contributed by atoms with Gasteiger partial charge >= 0.3 is 30.4 Å². The van der Waals surface area contributed by atoms with Gasteiger partial charge in [0, 0.05) is 46.5 Å². The van der Waals surface area contributed by atoms with E-state index in [4.69, 9.17) is 4.74 Å². The van der Waals surface area contributed by atoms with Crippen molar-refractivity contribution in [3.63, 3.8) is 0 Å². The Bertz CT molecular complexity index is 1950. The summed E-state index contributed by atoms with van der Waals surface area (Å²) in [6.45, 7) is 40.7. The Balaban J connectivity index is -0.0000000272. The molecule has 0 aliphatic heterocycles. The van der Waals surface area contributed by atoms with Gasteiger partial charge in [0.05, 0.1) is 35.5 Å². The zero-order chi connectivity index (χ0) is 74.0. The number of halogens is 6. The summed E-state index contributed by atoms with van der Waals surface area (Å²) in [6, 6.07) is 16.6. The fraction of sp³-hybridized carbons (Fsp3) is 0.800. The van der Waals surface area contributed by atoms with Crippen LogP contribution in [0.4, 0.5) is 31.1 Å². The van der Waals surface area contributed by atoms with Crippen LogP contribution in [-0.2, 0) is 59.1 Å². The van der Waals surface area contributed by atoms with Gasteiger partial charge in [-0.15, -0.1) is 0 Å². The molecule has 106 heavy (non-hydrogen) atoms. The normalized spacial score (nSPS) is 14.0. The lowest BCUT2D eigenvalue weighted by molar-refractivity contribution is -0.327. The van der Waals surface area contributed by atoms with Crippen LogP contribution in [0, 0.1) is 66.1 Å². The highest BCUT2D eigenvalue weighted by Crippen LogP contribution is 2.62. The van der Waals surface area contributed by atoms with Crippen molar-refractivity contribution in [1.29, 1.82) is 0 Å². The molecule has 0 N–H and O–H groups in total. The van der Waals surface area contributed by atoms with E-state index in [0.29, 0.717) is 18.3 Å². The first-order valence-corrected chi connectivity index (χ1v) is 34.2. The molecule has 3 saturated carbocycles. The number of carbonyl (C=O) groups is 5. The molecule has 6 unspecified atom stereocenters. The van der Waals surface area contributed by atoms with Gasteiger partial charge in [0.1, 0.15) is 27.2 Å². The Morgan fingerprint density at radius 2 is 0.717 bits per heavy atom. The van der Waals surface area contributed by atoms with E-state index in [1.165, 1.54) is 78.7 Å². The van der Waals surface area contributed by atoms with Crippen molar-refractivity contribution >= 4 is 51.3 Å². The van der Waals surface area contributed by atoms with Crippen LogP contribution in [0.5, 0.6) is 5.75 Å². The molecular formula is C85H194F6O13S2. The number of sulfone groups is 1. The number of rotatable bonds is 4. The second kappa shape index (κ2) is 107. The lowest BCUT2D eigenvalue weighted by Gasteiger charge is -2.29. The molecule has 3 aliphatic carbocycles. The fourth-order valence-corrected chi connectivity index (χ4v) is 6.86. The van der Waals surface area contributed by atoms with E-state index in [1.54, 1.807) is 66.2 Å². The lowest BCUT2D eigenvalue weighted by Crippen LogP contribution is -2.44. The minimum atomic E-state index is -5.24. The quantitative estimate of drug-likeness (QED) is 0.161. The topological polar surface area (TPSA) is 175 Å². The summed E-state index contributed by atoms with van der Waals surface area (Å²) < 4.78 is 115. The molecule has 2 aromatic carbocycles. The van der Waals surface area contributed by atoms with E-state index < -0.39 is 33.8 Å². The molecule has 3 fully saturated rings. The molecule has 0 spiro atoms. The van der Waals surface area contributed by atoms with Crippen molar-refractivity contribution in [1.82, 2.24) is 0 Å². The van der Waals surface area contributed by atoms with Crippen LogP contribution >= 0.6 is 11.8 Å². The number of thioether (sulfide) groups is 1. The molecule has 666 valence electrons. The number of ketones is 2. The van der Waals surface area contributed by atoms with Crippen molar-refractivity contribution in [3.8, 4) is 5.75 Å². The van der Waals surface area contributed by atoms with Crippen LogP contribution in [0.25, 0.3) is 0 Å². The van der Waals surface area contributed by atoms with E-state index in [2.05, 4.69) is 145 Å². The Hall–Kier alpha value is -4.37. The third kappa shape index (κ3) is 142. The van der Waals surface area contributed by atoms with Gasteiger partial charge < -0.3 is 38.0 Å². The molecule has 0 heterocycles. The molecule has 0 radical (unpaired) electrons. The van der Waals surface area contributed by atoms with E-state index in [9.17, 15) is 58.7 Å². The third-order valence-electron chi connectivity index (χ3n) is 10.9. The average molecular weight is 1600 g/mol. The number of alkyl halides is 6. The smallest absolute Gasteiger partial charge is 0.497 e. The molecule has 21 heteroatoms. The van der Waals surface area contributed by atoms with Crippen molar-refractivity contribution in [2.75, 3.05) is 74.8 Å². The van der Waals surface area contributed by atoms with Crippen molar-refractivity contribution in [2.24, 2.45) is 52.3 Å². The summed E-state index contributed by atoms with van der Waals surface area (Å²) in [5, 5.41) is 0. The molecular weight excluding hydrogens is 1410 g/mol. The minimum absolute atomic E-state index is 0. The number of esters is 2. The summed E-state index contributed by atoms with van der Waals surface area (Å²) in [6.07, 6.45) is 5.06. The monoisotopic (exact) mass is 1600 g/mol. The van der Waals surface area contributed by atoms with Gasteiger partial charge in [0.15, 0.2) is 5.41 Å². The van der Waals surface area contributed by atoms with Crippen molar-refractivity contribution < 1.29 is 87.2 Å². The van der Waals surface area contributed by atoms with Crippen molar-refractivity contribution in [2.45, 2.75) is 335 Å². The summed E-state index contributed by atoms with van der Waals surface area (Å²) in [7, 11) is 7.50. The average Bonchev–Trinajstić information content (AvgIpc) is 1.58. The van der Waals surface area contributed by atoms with Crippen LogP contribution in [-0.4, -0.2) is 125 Å². The maximum atomic E-state index is 11.6. The molecule has 0 amide bonds. The Morgan fingerprint density at radius 3 is 0.840 bits per heavy atom. The molecule has 2 aromatic rings. The molecule has 5 rings (SSSR count). The number of carbonyl (C=O) groups excluding carboxylic acids is 5. The molecule has 6 atom stereocenters. The van der Waals surface area contributed by atoms with Gasteiger partial charge in [0.2, 0.25) is 0 Å². The number of ether oxygens (including phenoxy) is 6. The lowest BCUT2D eigenvalue weighted by atomic mass is 9.77. The van der Waals surface area contributed by atoms with Gasteiger partial charge in [-0.1, -0.05) is 270 Å². The first-order valence-electron chi connectivity index (χ1n) is 30.2. The largest absolute Gasteiger partial charge is 0.507 e. The van der Waals surface area contributed by atoms with Gasteiger partial charge in [-0.05, 0) is 158 Å². The predicted molar refractivity (Wildman–Crippen MR) is 474 cm³/mol. The van der Waals surface area contributed by atoms with Crippen LogP contribution in [0.15, 0.2) is 48.5 Å². The number of benzene rings is 2.